The molecule has 2 aromatic heterocycles. The highest BCUT2D eigenvalue weighted by molar-refractivity contribution is 9.10. The number of nitrogens with zero attached hydrogens (tertiary/aromatic N) is 3. The highest BCUT2D eigenvalue weighted by Crippen LogP contribution is 2.29. The van der Waals surface area contributed by atoms with Crippen molar-refractivity contribution in [3.63, 3.8) is 0 Å². The van der Waals surface area contributed by atoms with E-state index in [1.165, 1.54) is 11.8 Å². The topological polar surface area (TPSA) is 75.2 Å². The first-order valence-corrected chi connectivity index (χ1v) is 9.71. The third-order valence-corrected chi connectivity index (χ3v) is 5.13. The van der Waals surface area contributed by atoms with Crippen molar-refractivity contribution in [3.05, 3.63) is 51.9 Å². The summed E-state index contributed by atoms with van der Waals surface area (Å²) in [5, 5.41) is 2.73. The van der Waals surface area contributed by atoms with Gasteiger partial charge in [-0.3, -0.25) is 9.59 Å². The Morgan fingerprint density at radius 1 is 1.24 bits per heavy atom. The minimum atomic E-state index is -4.57. The van der Waals surface area contributed by atoms with E-state index in [9.17, 15) is 22.8 Å². The predicted molar refractivity (Wildman–Crippen MR) is 103 cm³/mol. The van der Waals surface area contributed by atoms with E-state index in [1.54, 1.807) is 18.3 Å². The predicted octanol–water partition coefficient (Wildman–Crippen LogP) is 4.06. The van der Waals surface area contributed by atoms with E-state index < -0.39 is 23.7 Å². The van der Waals surface area contributed by atoms with Gasteiger partial charge < -0.3 is 10.2 Å². The number of nitrogens with one attached hydrogen (secondary N) is 1. The summed E-state index contributed by atoms with van der Waals surface area (Å²) in [6, 6.07) is 5.35. The zero-order chi connectivity index (χ0) is 21.2. The summed E-state index contributed by atoms with van der Waals surface area (Å²) >= 11 is 3.27. The highest BCUT2D eigenvalue weighted by atomic mass is 79.9. The SMILES string of the molecule is Cc1nc(C(F)(F)F)ccc1C(=O)N1CCCC(C(=O)Nc2ccc(Br)cn2)C1. The van der Waals surface area contributed by atoms with E-state index in [4.69, 9.17) is 0 Å². The second-order valence-corrected chi connectivity index (χ2v) is 7.68. The molecule has 1 unspecified atom stereocenters. The van der Waals surface area contributed by atoms with Crippen LogP contribution in [0.4, 0.5) is 19.0 Å². The van der Waals surface area contributed by atoms with Crippen molar-refractivity contribution >= 4 is 33.6 Å². The molecule has 154 valence electrons. The number of likely N-dealkylation sites (tertiary alicyclic amines) is 1. The van der Waals surface area contributed by atoms with Gasteiger partial charge in [0.2, 0.25) is 5.91 Å². The molecule has 0 aliphatic carbocycles. The standard InChI is InChI=1S/C19H18BrF3N4O2/c1-11-14(5-6-15(25-11)19(21,22)23)18(29)27-8-2-3-12(10-27)17(28)26-16-7-4-13(20)9-24-16/h4-7,9,12H,2-3,8,10H2,1H3,(H,24,26,28). The van der Waals surface area contributed by atoms with Crippen LogP contribution >= 0.6 is 15.9 Å². The van der Waals surface area contributed by atoms with Crippen LogP contribution in [-0.2, 0) is 11.0 Å². The third-order valence-electron chi connectivity index (χ3n) is 4.66. The number of halogens is 4. The van der Waals surface area contributed by atoms with Gasteiger partial charge in [-0.2, -0.15) is 13.2 Å². The summed E-state index contributed by atoms with van der Waals surface area (Å²) in [7, 11) is 0. The van der Waals surface area contributed by atoms with Gasteiger partial charge in [0.05, 0.1) is 17.2 Å². The monoisotopic (exact) mass is 470 g/mol. The molecule has 1 aliphatic rings. The maximum absolute atomic E-state index is 12.8. The molecule has 1 N–H and O–H groups in total. The smallest absolute Gasteiger partial charge is 0.338 e. The van der Waals surface area contributed by atoms with E-state index in [2.05, 4.69) is 31.2 Å². The molecular formula is C19H18BrF3N4O2. The van der Waals surface area contributed by atoms with Crippen LogP contribution in [0, 0.1) is 12.8 Å². The summed E-state index contributed by atoms with van der Waals surface area (Å²) in [5.74, 6) is -0.701. The fraction of sp³-hybridized carbons (Fsp3) is 0.368. The molecule has 3 heterocycles. The van der Waals surface area contributed by atoms with Crippen molar-refractivity contribution in [2.45, 2.75) is 25.9 Å². The minimum Gasteiger partial charge on any atom is -0.338 e. The molecule has 0 aromatic carbocycles. The molecule has 2 amide bonds. The molecule has 29 heavy (non-hydrogen) atoms. The number of aryl methyl sites for hydroxylation is 1. The number of piperidine rings is 1. The number of aromatic nitrogens is 2. The quantitative estimate of drug-likeness (QED) is 0.733. The van der Waals surface area contributed by atoms with E-state index >= 15 is 0 Å². The molecule has 1 fully saturated rings. The maximum Gasteiger partial charge on any atom is 0.433 e. The molecular weight excluding hydrogens is 453 g/mol. The number of hydrogen-bond acceptors (Lipinski definition) is 4. The average molecular weight is 471 g/mol. The van der Waals surface area contributed by atoms with Gasteiger partial charge in [0.1, 0.15) is 11.5 Å². The Labute approximate surface area is 173 Å². The number of alkyl halides is 3. The Morgan fingerprint density at radius 3 is 2.62 bits per heavy atom. The zero-order valence-electron chi connectivity index (χ0n) is 15.5. The van der Waals surface area contributed by atoms with Crippen LogP contribution in [0.1, 0.15) is 34.6 Å². The number of pyridine rings is 2. The minimum absolute atomic E-state index is 0.00969. The van der Waals surface area contributed by atoms with Gasteiger partial charge in [0, 0.05) is 23.8 Å². The summed E-state index contributed by atoms with van der Waals surface area (Å²) in [6.07, 6.45) is -1.78. The van der Waals surface area contributed by atoms with Crippen molar-refractivity contribution in [2.75, 3.05) is 18.4 Å². The first kappa shape index (κ1) is 21.2. The Hall–Kier alpha value is -2.49. The van der Waals surface area contributed by atoms with Gasteiger partial charge in [0.15, 0.2) is 0 Å². The van der Waals surface area contributed by atoms with Crippen molar-refractivity contribution in [3.8, 4) is 0 Å². The number of anilines is 1. The molecule has 1 atom stereocenters. The molecule has 0 radical (unpaired) electrons. The number of hydrogen-bond donors (Lipinski definition) is 1. The van der Waals surface area contributed by atoms with Crippen LogP contribution < -0.4 is 5.32 Å². The third kappa shape index (κ3) is 5.11. The fourth-order valence-corrected chi connectivity index (χ4v) is 3.40. The lowest BCUT2D eigenvalue weighted by atomic mass is 9.96. The van der Waals surface area contributed by atoms with Crippen LogP contribution in [0.3, 0.4) is 0 Å². The van der Waals surface area contributed by atoms with Gasteiger partial charge >= 0.3 is 6.18 Å². The van der Waals surface area contributed by atoms with Crippen molar-refractivity contribution in [1.29, 1.82) is 0 Å². The maximum atomic E-state index is 12.8. The molecule has 2 aromatic rings. The Balaban J connectivity index is 1.69. The van der Waals surface area contributed by atoms with E-state index in [0.29, 0.717) is 25.2 Å². The summed E-state index contributed by atoms with van der Waals surface area (Å²) in [5.41, 5.74) is -0.923. The van der Waals surface area contributed by atoms with Gasteiger partial charge in [-0.1, -0.05) is 0 Å². The van der Waals surface area contributed by atoms with Gasteiger partial charge in [-0.25, -0.2) is 9.97 Å². The average Bonchev–Trinajstić information content (AvgIpc) is 2.68. The molecule has 0 bridgehead atoms. The molecule has 0 saturated carbocycles. The number of amides is 2. The fourth-order valence-electron chi connectivity index (χ4n) is 3.17. The largest absolute Gasteiger partial charge is 0.433 e. The van der Waals surface area contributed by atoms with Gasteiger partial charge in [-0.05, 0) is 60.0 Å². The molecule has 0 spiro atoms. The van der Waals surface area contributed by atoms with Crippen molar-refractivity contribution in [1.82, 2.24) is 14.9 Å². The Bertz CT molecular complexity index is 919. The summed E-state index contributed by atoms with van der Waals surface area (Å²) in [4.78, 5) is 34.4. The normalized spacial score (nSPS) is 17.1. The van der Waals surface area contributed by atoms with Crippen LogP contribution in [0.5, 0.6) is 0 Å². The van der Waals surface area contributed by atoms with E-state index in [0.717, 1.165) is 16.6 Å². The first-order chi connectivity index (χ1) is 13.6. The second-order valence-electron chi connectivity index (χ2n) is 6.77. The lowest BCUT2D eigenvalue weighted by Gasteiger charge is -2.32. The van der Waals surface area contributed by atoms with E-state index in [-0.39, 0.29) is 23.7 Å². The summed E-state index contributed by atoms with van der Waals surface area (Å²) in [6.45, 7) is 1.98. The Morgan fingerprint density at radius 2 is 2.00 bits per heavy atom. The molecule has 6 nitrogen and oxygen atoms in total. The van der Waals surface area contributed by atoms with Crippen molar-refractivity contribution in [2.24, 2.45) is 5.92 Å². The molecule has 1 aliphatic heterocycles. The summed E-state index contributed by atoms with van der Waals surface area (Å²) < 4.78 is 39.1. The lowest BCUT2D eigenvalue weighted by molar-refractivity contribution is -0.141. The van der Waals surface area contributed by atoms with Gasteiger partial charge in [-0.15, -0.1) is 0 Å². The highest BCUT2D eigenvalue weighted by Gasteiger charge is 2.34. The van der Waals surface area contributed by atoms with Crippen LogP contribution in [0.2, 0.25) is 0 Å². The van der Waals surface area contributed by atoms with Gasteiger partial charge in [0.25, 0.3) is 5.91 Å². The van der Waals surface area contributed by atoms with Crippen LogP contribution in [0.15, 0.2) is 34.9 Å². The van der Waals surface area contributed by atoms with Crippen LogP contribution in [0.25, 0.3) is 0 Å². The van der Waals surface area contributed by atoms with Crippen LogP contribution in [-0.4, -0.2) is 39.8 Å². The van der Waals surface area contributed by atoms with E-state index in [1.807, 2.05) is 0 Å². The van der Waals surface area contributed by atoms with Crippen molar-refractivity contribution < 1.29 is 22.8 Å². The molecule has 10 heteroatoms. The number of carbonyl (C=O) groups is 2. The lowest BCUT2D eigenvalue weighted by Crippen LogP contribution is -2.44. The molecule has 1 saturated heterocycles. The first-order valence-electron chi connectivity index (χ1n) is 8.91. The zero-order valence-corrected chi connectivity index (χ0v) is 17.0. The molecule has 3 rings (SSSR count). The number of rotatable bonds is 3. The Kier molecular flexibility index (Phi) is 6.21. The second kappa shape index (κ2) is 8.48. The number of carbonyl (C=O) groups excluding carboxylic acids is 2.